The molecule has 142 valence electrons. The molecule has 0 radical (unpaired) electrons. The van der Waals surface area contributed by atoms with Crippen LogP contribution in [0.2, 0.25) is 0 Å². The van der Waals surface area contributed by atoms with Gasteiger partial charge in [0.05, 0.1) is 18.1 Å². The number of carboxylic acids is 1. The van der Waals surface area contributed by atoms with Crippen LogP contribution in [0, 0.1) is 5.92 Å². The first-order valence-electron chi connectivity index (χ1n) is 9.03. The summed E-state index contributed by atoms with van der Waals surface area (Å²) in [7, 11) is 0. The molecular weight excluding hydrogens is 336 g/mol. The monoisotopic (exact) mass is 362 g/mol. The average molecular weight is 362 g/mol. The van der Waals surface area contributed by atoms with Crippen LogP contribution in [0.1, 0.15) is 49.4 Å². The Morgan fingerprint density at radius 2 is 2.00 bits per heavy atom. The molecule has 0 saturated heterocycles. The molecule has 1 aromatic rings. The SMILES string of the molecule is CCOc1ccccc1C(=O)NCCCC(=O)N[C@@H]1CC[C@H](C(=O)O)C1. The van der Waals surface area contributed by atoms with Gasteiger partial charge in [-0.2, -0.15) is 0 Å². The van der Waals surface area contributed by atoms with E-state index in [2.05, 4.69) is 10.6 Å². The van der Waals surface area contributed by atoms with Crippen molar-refractivity contribution in [3.05, 3.63) is 29.8 Å². The van der Waals surface area contributed by atoms with E-state index < -0.39 is 5.97 Å². The zero-order valence-electron chi connectivity index (χ0n) is 15.0. The van der Waals surface area contributed by atoms with Gasteiger partial charge in [-0.1, -0.05) is 12.1 Å². The van der Waals surface area contributed by atoms with Crippen LogP contribution in [0.3, 0.4) is 0 Å². The van der Waals surface area contributed by atoms with Gasteiger partial charge in [-0.15, -0.1) is 0 Å². The smallest absolute Gasteiger partial charge is 0.306 e. The van der Waals surface area contributed by atoms with Gasteiger partial charge in [0, 0.05) is 19.0 Å². The van der Waals surface area contributed by atoms with Crippen LogP contribution in [-0.2, 0) is 9.59 Å². The van der Waals surface area contributed by atoms with E-state index in [-0.39, 0.29) is 23.8 Å². The normalized spacial score (nSPS) is 19.0. The molecular formula is C19H26N2O5. The molecule has 3 N–H and O–H groups in total. The van der Waals surface area contributed by atoms with E-state index in [1.54, 1.807) is 18.2 Å². The molecule has 7 nitrogen and oxygen atoms in total. The van der Waals surface area contributed by atoms with Gasteiger partial charge in [-0.3, -0.25) is 14.4 Å². The number of rotatable bonds is 9. The molecule has 0 heterocycles. The van der Waals surface area contributed by atoms with Gasteiger partial charge in [0.2, 0.25) is 5.91 Å². The number of ether oxygens (including phenoxy) is 1. The minimum absolute atomic E-state index is 0.0590. The first kappa shape index (κ1) is 19.8. The lowest BCUT2D eigenvalue weighted by molar-refractivity contribution is -0.141. The Morgan fingerprint density at radius 3 is 2.69 bits per heavy atom. The van der Waals surface area contributed by atoms with E-state index in [1.165, 1.54) is 0 Å². The lowest BCUT2D eigenvalue weighted by Crippen LogP contribution is -2.34. The van der Waals surface area contributed by atoms with Crippen LogP contribution in [0.5, 0.6) is 5.75 Å². The minimum Gasteiger partial charge on any atom is -0.493 e. The lowest BCUT2D eigenvalue weighted by Gasteiger charge is -2.13. The number of hydrogen-bond acceptors (Lipinski definition) is 4. The number of hydrogen-bond donors (Lipinski definition) is 3. The fraction of sp³-hybridized carbons (Fsp3) is 0.526. The first-order valence-corrected chi connectivity index (χ1v) is 9.03. The maximum absolute atomic E-state index is 12.2. The molecule has 0 spiro atoms. The summed E-state index contributed by atoms with van der Waals surface area (Å²) in [5, 5.41) is 14.6. The lowest BCUT2D eigenvalue weighted by atomic mass is 10.1. The fourth-order valence-corrected chi connectivity index (χ4v) is 3.12. The highest BCUT2D eigenvalue weighted by Gasteiger charge is 2.30. The molecule has 1 saturated carbocycles. The Hall–Kier alpha value is -2.57. The summed E-state index contributed by atoms with van der Waals surface area (Å²) in [5.41, 5.74) is 0.476. The van der Waals surface area contributed by atoms with E-state index in [1.807, 2.05) is 13.0 Å². The third kappa shape index (κ3) is 5.75. The number of carbonyl (C=O) groups is 3. The van der Waals surface area contributed by atoms with Crippen molar-refractivity contribution in [3.8, 4) is 5.75 Å². The number of para-hydroxylation sites is 1. The van der Waals surface area contributed by atoms with Gasteiger partial charge in [0.15, 0.2) is 0 Å². The van der Waals surface area contributed by atoms with Crippen LogP contribution in [0.25, 0.3) is 0 Å². The molecule has 0 aromatic heterocycles. The van der Waals surface area contributed by atoms with Crippen molar-refractivity contribution in [1.29, 1.82) is 0 Å². The van der Waals surface area contributed by atoms with Gasteiger partial charge in [0.25, 0.3) is 5.91 Å². The van der Waals surface area contributed by atoms with Crippen molar-refractivity contribution in [2.45, 2.75) is 45.1 Å². The minimum atomic E-state index is -0.795. The van der Waals surface area contributed by atoms with Gasteiger partial charge in [-0.05, 0) is 44.7 Å². The Labute approximate surface area is 153 Å². The topological polar surface area (TPSA) is 105 Å². The highest BCUT2D eigenvalue weighted by molar-refractivity contribution is 5.96. The van der Waals surface area contributed by atoms with Gasteiger partial charge < -0.3 is 20.5 Å². The van der Waals surface area contributed by atoms with Gasteiger partial charge >= 0.3 is 5.97 Å². The van der Waals surface area contributed by atoms with E-state index in [0.717, 1.165) is 0 Å². The second kappa shape index (κ2) is 9.79. The molecule has 0 aliphatic heterocycles. The molecule has 1 aliphatic carbocycles. The fourth-order valence-electron chi connectivity index (χ4n) is 3.12. The Bertz CT molecular complexity index is 647. The van der Waals surface area contributed by atoms with Crippen LogP contribution < -0.4 is 15.4 Å². The number of aliphatic carboxylic acids is 1. The summed E-state index contributed by atoms with van der Waals surface area (Å²) in [4.78, 5) is 35.1. The van der Waals surface area contributed by atoms with Crippen molar-refractivity contribution >= 4 is 17.8 Å². The molecule has 2 amide bonds. The summed E-state index contributed by atoms with van der Waals surface area (Å²) in [6, 6.07) is 6.97. The molecule has 1 fully saturated rings. The third-order valence-electron chi connectivity index (χ3n) is 4.44. The van der Waals surface area contributed by atoms with Crippen molar-refractivity contribution in [3.63, 3.8) is 0 Å². The molecule has 26 heavy (non-hydrogen) atoms. The van der Waals surface area contributed by atoms with Gasteiger partial charge in [0.1, 0.15) is 5.75 Å². The van der Waals surface area contributed by atoms with E-state index in [9.17, 15) is 14.4 Å². The summed E-state index contributed by atoms with van der Waals surface area (Å²) < 4.78 is 5.44. The highest BCUT2D eigenvalue weighted by atomic mass is 16.5. The number of nitrogens with one attached hydrogen (secondary N) is 2. The van der Waals surface area contributed by atoms with Crippen molar-refractivity contribution in [1.82, 2.24) is 10.6 Å². The van der Waals surface area contributed by atoms with Crippen molar-refractivity contribution in [2.24, 2.45) is 5.92 Å². The zero-order chi connectivity index (χ0) is 18.9. The maximum atomic E-state index is 12.2. The average Bonchev–Trinajstić information content (AvgIpc) is 3.08. The number of benzene rings is 1. The van der Waals surface area contributed by atoms with Crippen LogP contribution in [0.15, 0.2) is 24.3 Å². The molecule has 0 unspecified atom stereocenters. The Morgan fingerprint density at radius 1 is 1.23 bits per heavy atom. The standard InChI is InChI=1S/C19H26N2O5/c1-2-26-16-7-4-3-6-15(16)18(23)20-11-5-8-17(22)21-14-10-9-13(12-14)19(24)25/h3-4,6-7,13-14H,2,5,8-12H2,1H3,(H,20,23)(H,21,22)(H,24,25)/t13-,14+/m0/s1. The van der Waals surface area contributed by atoms with Crippen LogP contribution >= 0.6 is 0 Å². The van der Waals surface area contributed by atoms with Crippen LogP contribution in [-0.4, -0.2) is 42.1 Å². The van der Waals surface area contributed by atoms with Crippen molar-refractivity contribution < 1.29 is 24.2 Å². The largest absolute Gasteiger partial charge is 0.493 e. The predicted molar refractivity (Wildman–Crippen MR) is 96.1 cm³/mol. The summed E-state index contributed by atoms with van der Waals surface area (Å²) >= 11 is 0. The molecule has 2 atom stereocenters. The number of carbonyl (C=O) groups excluding carboxylic acids is 2. The first-order chi connectivity index (χ1) is 12.5. The second-order valence-electron chi connectivity index (χ2n) is 6.40. The molecule has 7 heteroatoms. The van der Waals surface area contributed by atoms with Crippen molar-refractivity contribution in [2.75, 3.05) is 13.2 Å². The van der Waals surface area contributed by atoms with E-state index in [4.69, 9.17) is 9.84 Å². The van der Waals surface area contributed by atoms with Gasteiger partial charge in [-0.25, -0.2) is 0 Å². The predicted octanol–water partition coefficient (Wildman–Crippen LogP) is 1.96. The van der Waals surface area contributed by atoms with E-state index in [0.29, 0.717) is 56.6 Å². The maximum Gasteiger partial charge on any atom is 0.306 e. The Balaban J connectivity index is 1.68. The summed E-state index contributed by atoms with van der Waals surface area (Å²) in [6.45, 7) is 2.72. The number of amides is 2. The van der Waals surface area contributed by atoms with E-state index >= 15 is 0 Å². The highest BCUT2D eigenvalue weighted by Crippen LogP contribution is 2.25. The quantitative estimate of drug-likeness (QED) is 0.583. The molecule has 1 aromatic carbocycles. The molecule has 0 bridgehead atoms. The molecule has 2 rings (SSSR count). The summed E-state index contributed by atoms with van der Waals surface area (Å²) in [6.07, 6.45) is 2.61. The molecule has 1 aliphatic rings. The third-order valence-corrected chi connectivity index (χ3v) is 4.44. The Kier molecular flexibility index (Phi) is 7.44. The zero-order valence-corrected chi connectivity index (χ0v) is 15.0. The number of carboxylic acid groups (broad SMARTS) is 1. The summed E-state index contributed by atoms with van der Waals surface area (Å²) in [5.74, 6) is -0.944. The second-order valence-corrected chi connectivity index (χ2v) is 6.40. The van der Waals surface area contributed by atoms with Crippen LogP contribution in [0.4, 0.5) is 0 Å².